The summed E-state index contributed by atoms with van der Waals surface area (Å²) < 4.78 is 1.82. The van der Waals surface area contributed by atoms with E-state index in [1.165, 1.54) is 12.8 Å². The van der Waals surface area contributed by atoms with Crippen molar-refractivity contribution in [2.75, 3.05) is 26.2 Å². The van der Waals surface area contributed by atoms with E-state index in [9.17, 15) is 9.59 Å². The highest BCUT2D eigenvalue weighted by Gasteiger charge is 2.32. The number of nitrogens with one attached hydrogen (secondary N) is 2. The number of carbonyl (C=O) groups is 1. The van der Waals surface area contributed by atoms with Crippen molar-refractivity contribution in [3.05, 3.63) is 34.2 Å². The van der Waals surface area contributed by atoms with Gasteiger partial charge in [-0.3, -0.25) is 14.6 Å². The third-order valence-corrected chi connectivity index (χ3v) is 6.22. The van der Waals surface area contributed by atoms with Gasteiger partial charge in [-0.1, -0.05) is 18.9 Å². The predicted octanol–water partition coefficient (Wildman–Crippen LogP) is 2.90. The van der Waals surface area contributed by atoms with Crippen molar-refractivity contribution in [3.63, 3.8) is 0 Å². The van der Waals surface area contributed by atoms with E-state index in [2.05, 4.69) is 17.6 Å². The summed E-state index contributed by atoms with van der Waals surface area (Å²) in [6.45, 7) is 7.90. The first-order valence-corrected chi connectivity index (χ1v) is 11.6. The van der Waals surface area contributed by atoms with Gasteiger partial charge in [0.05, 0.1) is 0 Å². The molecule has 0 radical (unpaired) electrons. The zero-order valence-corrected chi connectivity index (χ0v) is 21.3. The Kier molecular flexibility index (Phi) is 10.8. The Balaban J connectivity index is 0.00000341. The van der Waals surface area contributed by atoms with Crippen molar-refractivity contribution in [2.24, 2.45) is 10.9 Å². The molecule has 1 amide bonds. The molecule has 0 bridgehead atoms. The molecular formula is C23H38IN5O2. The fraction of sp³-hybridized carbons (Fsp3) is 0.696. The number of aromatic nitrogens is 1. The van der Waals surface area contributed by atoms with E-state index in [0.717, 1.165) is 69.9 Å². The molecule has 1 atom stereocenters. The minimum Gasteiger partial charge on any atom is -0.357 e. The first-order valence-electron chi connectivity index (χ1n) is 11.6. The van der Waals surface area contributed by atoms with Gasteiger partial charge < -0.3 is 20.1 Å². The molecular weight excluding hydrogens is 505 g/mol. The number of hydrogen-bond donors (Lipinski definition) is 2. The molecule has 1 saturated carbocycles. The Hall–Kier alpha value is -1.58. The van der Waals surface area contributed by atoms with Crippen LogP contribution in [0.4, 0.5) is 0 Å². The molecule has 0 aromatic carbocycles. The maximum absolute atomic E-state index is 12.6. The smallest absolute Gasteiger partial charge is 0.250 e. The quantitative estimate of drug-likeness (QED) is 0.229. The van der Waals surface area contributed by atoms with Crippen molar-refractivity contribution in [1.29, 1.82) is 0 Å². The number of unbranched alkanes of at least 4 members (excludes halogenated alkanes) is 1. The molecule has 8 heteroatoms. The molecule has 1 aromatic heterocycles. The lowest BCUT2D eigenvalue weighted by molar-refractivity contribution is -0.134. The van der Waals surface area contributed by atoms with E-state index in [0.29, 0.717) is 12.5 Å². The SMILES string of the molecule is CCNC(=NCCCCn1c(C)cccc1=O)NC1CCN(C(=O)C2CCCC2)C1.I. The third-order valence-electron chi connectivity index (χ3n) is 6.22. The van der Waals surface area contributed by atoms with Crippen LogP contribution in [0.5, 0.6) is 0 Å². The largest absolute Gasteiger partial charge is 0.357 e. The van der Waals surface area contributed by atoms with Gasteiger partial charge in [0, 0.05) is 56.4 Å². The lowest BCUT2D eigenvalue weighted by Gasteiger charge is -2.21. The molecule has 2 fully saturated rings. The third kappa shape index (κ3) is 7.50. The van der Waals surface area contributed by atoms with Gasteiger partial charge in [-0.05, 0) is 52.0 Å². The van der Waals surface area contributed by atoms with Crippen LogP contribution in [0, 0.1) is 12.8 Å². The van der Waals surface area contributed by atoms with Gasteiger partial charge in [0.2, 0.25) is 5.91 Å². The molecule has 2 N–H and O–H groups in total. The molecule has 174 valence electrons. The second kappa shape index (κ2) is 13.1. The van der Waals surface area contributed by atoms with E-state index in [-0.39, 0.29) is 41.5 Å². The normalized spacial score (nSPS) is 19.4. The zero-order chi connectivity index (χ0) is 21.3. The summed E-state index contributed by atoms with van der Waals surface area (Å²) in [5.41, 5.74) is 1.06. The van der Waals surface area contributed by atoms with Crippen LogP contribution in [-0.4, -0.2) is 53.6 Å². The first kappa shape index (κ1) is 25.7. The van der Waals surface area contributed by atoms with E-state index < -0.39 is 0 Å². The summed E-state index contributed by atoms with van der Waals surface area (Å²) in [6, 6.07) is 5.65. The standard InChI is InChI=1S/C23H37N5O2.HI/c1-3-24-23(25-14-6-7-15-28-18(2)9-8-12-21(28)29)26-20-13-16-27(17-20)22(30)19-10-4-5-11-19;/h8-9,12,19-20H,3-7,10-11,13-17H2,1-2H3,(H2,24,25,26);1H. The van der Waals surface area contributed by atoms with Crippen molar-refractivity contribution in [1.82, 2.24) is 20.1 Å². The molecule has 7 nitrogen and oxygen atoms in total. The maximum Gasteiger partial charge on any atom is 0.250 e. The number of aliphatic imine (C=N–C) groups is 1. The molecule has 2 aliphatic rings. The zero-order valence-electron chi connectivity index (χ0n) is 18.9. The predicted molar refractivity (Wildman–Crippen MR) is 136 cm³/mol. The fourth-order valence-electron chi connectivity index (χ4n) is 4.51. The van der Waals surface area contributed by atoms with E-state index in [1.54, 1.807) is 12.1 Å². The Bertz CT molecular complexity index is 788. The molecule has 0 spiro atoms. The summed E-state index contributed by atoms with van der Waals surface area (Å²) >= 11 is 0. The number of guanidine groups is 1. The summed E-state index contributed by atoms with van der Waals surface area (Å²) in [6.07, 6.45) is 7.33. The van der Waals surface area contributed by atoms with Crippen LogP contribution in [0.3, 0.4) is 0 Å². The average molecular weight is 543 g/mol. The molecule has 1 saturated heterocycles. The van der Waals surface area contributed by atoms with Crippen molar-refractivity contribution in [2.45, 2.75) is 71.4 Å². The van der Waals surface area contributed by atoms with Crippen molar-refractivity contribution in [3.8, 4) is 0 Å². The Morgan fingerprint density at radius 3 is 2.68 bits per heavy atom. The van der Waals surface area contributed by atoms with Crippen LogP contribution >= 0.6 is 24.0 Å². The lowest BCUT2D eigenvalue weighted by atomic mass is 10.1. The highest BCUT2D eigenvalue weighted by atomic mass is 127. The summed E-state index contributed by atoms with van der Waals surface area (Å²) in [4.78, 5) is 31.3. The number of halogens is 1. The fourth-order valence-corrected chi connectivity index (χ4v) is 4.51. The topological polar surface area (TPSA) is 78.7 Å². The van der Waals surface area contributed by atoms with Crippen LogP contribution in [0.25, 0.3) is 0 Å². The number of aryl methyl sites for hydroxylation is 1. The van der Waals surface area contributed by atoms with Gasteiger partial charge in [0.1, 0.15) is 0 Å². The number of amides is 1. The van der Waals surface area contributed by atoms with Crippen LogP contribution in [0.15, 0.2) is 28.0 Å². The average Bonchev–Trinajstić information content (AvgIpc) is 3.41. The summed E-state index contributed by atoms with van der Waals surface area (Å²) in [7, 11) is 0. The van der Waals surface area contributed by atoms with Crippen LogP contribution in [0.1, 0.15) is 57.6 Å². The molecule has 3 rings (SSSR count). The van der Waals surface area contributed by atoms with E-state index in [4.69, 9.17) is 4.99 Å². The van der Waals surface area contributed by atoms with Gasteiger partial charge in [-0.15, -0.1) is 24.0 Å². The Labute approximate surface area is 203 Å². The van der Waals surface area contributed by atoms with Gasteiger partial charge in [0.25, 0.3) is 5.56 Å². The first-order chi connectivity index (χ1) is 14.6. The maximum atomic E-state index is 12.6. The number of carbonyl (C=O) groups excluding carboxylic acids is 1. The highest BCUT2D eigenvalue weighted by molar-refractivity contribution is 14.0. The van der Waals surface area contributed by atoms with Gasteiger partial charge in [0.15, 0.2) is 5.96 Å². The van der Waals surface area contributed by atoms with Gasteiger partial charge in [-0.25, -0.2) is 0 Å². The van der Waals surface area contributed by atoms with Gasteiger partial charge in [-0.2, -0.15) is 0 Å². The van der Waals surface area contributed by atoms with Gasteiger partial charge >= 0.3 is 0 Å². The highest BCUT2D eigenvalue weighted by Crippen LogP contribution is 2.27. The molecule has 2 heterocycles. The van der Waals surface area contributed by atoms with Crippen LogP contribution in [-0.2, 0) is 11.3 Å². The Morgan fingerprint density at radius 1 is 1.19 bits per heavy atom. The Morgan fingerprint density at radius 2 is 1.97 bits per heavy atom. The molecule has 1 aliphatic carbocycles. The minimum atomic E-state index is 0. The van der Waals surface area contributed by atoms with E-state index in [1.807, 2.05) is 22.5 Å². The second-order valence-electron chi connectivity index (χ2n) is 8.52. The summed E-state index contributed by atoms with van der Waals surface area (Å²) in [5.74, 6) is 1.43. The van der Waals surface area contributed by atoms with Crippen LogP contribution < -0.4 is 16.2 Å². The number of pyridine rings is 1. The van der Waals surface area contributed by atoms with Crippen molar-refractivity contribution >= 4 is 35.8 Å². The minimum absolute atomic E-state index is 0. The van der Waals surface area contributed by atoms with E-state index >= 15 is 0 Å². The number of likely N-dealkylation sites (tertiary alicyclic amines) is 1. The number of nitrogens with zero attached hydrogens (tertiary/aromatic N) is 3. The summed E-state index contributed by atoms with van der Waals surface area (Å²) in [5, 5.41) is 6.82. The van der Waals surface area contributed by atoms with Crippen molar-refractivity contribution < 1.29 is 4.79 Å². The number of hydrogen-bond acceptors (Lipinski definition) is 3. The molecule has 1 unspecified atom stereocenters. The lowest BCUT2D eigenvalue weighted by Crippen LogP contribution is -2.45. The molecule has 31 heavy (non-hydrogen) atoms. The number of rotatable bonds is 8. The second-order valence-corrected chi connectivity index (χ2v) is 8.52. The van der Waals surface area contributed by atoms with Crippen LogP contribution in [0.2, 0.25) is 0 Å². The molecule has 1 aromatic rings. The molecule has 1 aliphatic heterocycles. The monoisotopic (exact) mass is 543 g/mol.